The van der Waals surface area contributed by atoms with E-state index in [2.05, 4.69) is 39.0 Å². The summed E-state index contributed by atoms with van der Waals surface area (Å²) in [6.07, 6.45) is 0. The molecule has 0 spiro atoms. The Morgan fingerprint density at radius 1 is 0.786 bits per heavy atom. The number of urea groups is 1. The molecule has 3 aromatic rings. The van der Waals surface area contributed by atoms with Gasteiger partial charge in [0.15, 0.2) is 0 Å². The summed E-state index contributed by atoms with van der Waals surface area (Å²) in [7, 11) is 1.83. The summed E-state index contributed by atoms with van der Waals surface area (Å²) in [6, 6.07) is 28.0. The number of nitrogens with zero attached hydrogens (tertiary/aromatic N) is 2. The van der Waals surface area contributed by atoms with Gasteiger partial charge in [0, 0.05) is 18.4 Å². The van der Waals surface area contributed by atoms with Crippen molar-refractivity contribution in [3.05, 3.63) is 96.1 Å². The van der Waals surface area contributed by atoms with Crippen LogP contribution in [0.4, 0.5) is 16.2 Å². The number of hydrogen-bond donors (Lipinski definition) is 0. The van der Waals surface area contributed by atoms with E-state index >= 15 is 0 Å². The first-order chi connectivity index (χ1) is 13.4. The minimum Gasteiger partial charge on any atom is -0.297 e. The molecule has 0 aliphatic rings. The third-order valence-electron chi connectivity index (χ3n) is 4.85. The minimum absolute atomic E-state index is 0.0493. The molecule has 0 atom stereocenters. The minimum atomic E-state index is -0.0723. The van der Waals surface area contributed by atoms with E-state index < -0.39 is 0 Å². The van der Waals surface area contributed by atoms with Crippen LogP contribution in [0.3, 0.4) is 0 Å². The van der Waals surface area contributed by atoms with Gasteiger partial charge >= 0.3 is 6.03 Å². The van der Waals surface area contributed by atoms with Crippen molar-refractivity contribution in [1.29, 1.82) is 0 Å². The second-order valence-corrected chi connectivity index (χ2v) is 8.02. The molecular weight excluding hydrogens is 344 g/mol. The van der Waals surface area contributed by atoms with Crippen molar-refractivity contribution in [2.45, 2.75) is 32.7 Å². The molecule has 0 radical (unpaired) electrons. The number of anilines is 2. The summed E-state index contributed by atoms with van der Waals surface area (Å²) < 4.78 is 0. The number of amides is 2. The molecule has 3 rings (SSSR count). The molecule has 144 valence electrons. The lowest BCUT2D eigenvalue weighted by Gasteiger charge is -2.33. The Morgan fingerprint density at radius 3 is 1.93 bits per heavy atom. The normalized spacial score (nSPS) is 11.1. The second kappa shape index (κ2) is 8.30. The highest BCUT2D eigenvalue weighted by Crippen LogP contribution is 2.33. The third-order valence-corrected chi connectivity index (χ3v) is 4.85. The second-order valence-electron chi connectivity index (χ2n) is 8.02. The Balaban J connectivity index is 2.05. The average molecular weight is 373 g/mol. The number of carbonyl (C=O) groups is 1. The predicted molar refractivity (Wildman–Crippen MR) is 118 cm³/mol. The van der Waals surface area contributed by atoms with E-state index in [1.807, 2.05) is 78.7 Å². The van der Waals surface area contributed by atoms with Gasteiger partial charge in [0.05, 0.1) is 6.54 Å². The summed E-state index contributed by atoms with van der Waals surface area (Å²) in [5.74, 6) is 0. The fourth-order valence-corrected chi connectivity index (χ4v) is 3.31. The first kappa shape index (κ1) is 19.7. The summed E-state index contributed by atoms with van der Waals surface area (Å²) in [5, 5.41) is 0. The van der Waals surface area contributed by atoms with E-state index in [4.69, 9.17) is 0 Å². The van der Waals surface area contributed by atoms with Crippen LogP contribution in [-0.4, -0.2) is 13.1 Å². The van der Waals surface area contributed by atoms with Crippen LogP contribution in [0.5, 0.6) is 0 Å². The van der Waals surface area contributed by atoms with Crippen LogP contribution in [0.25, 0.3) is 0 Å². The van der Waals surface area contributed by atoms with E-state index in [-0.39, 0.29) is 11.4 Å². The number of carbonyl (C=O) groups excluding carboxylic acids is 1. The van der Waals surface area contributed by atoms with Gasteiger partial charge in [0.1, 0.15) is 0 Å². The van der Waals surface area contributed by atoms with Gasteiger partial charge < -0.3 is 0 Å². The summed E-state index contributed by atoms with van der Waals surface area (Å²) >= 11 is 0. The lowest BCUT2D eigenvalue weighted by atomic mass is 9.85. The number of para-hydroxylation sites is 2. The molecule has 28 heavy (non-hydrogen) atoms. The highest BCUT2D eigenvalue weighted by Gasteiger charge is 2.27. The third kappa shape index (κ3) is 4.42. The molecule has 0 unspecified atom stereocenters. The topological polar surface area (TPSA) is 23.6 Å². The van der Waals surface area contributed by atoms with Crippen LogP contribution in [0.1, 0.15) is 31.9 Å². The summed E-state index contributed by atoms with van der Waals surface area (Å²) in [5.41, 5.74) is 4.00. The van der Waals surface area contributed by atoms with Crippen LogP contribution >= 0.6 is 0 Å². The molecule has 3 nitrogen and oxygen atoms in total. The number of hydrogen-bond acceptors (Lipinski definition) is 1. The smallest absolute Gasteiger partial charge is 0.297 e. The van der Waals surface area contributed by atoms with E-state index in [0.29, 0.717) is 6.54 Å². The van der Waals surface area contributed by atoms with Crippen molar-refractivity contribution in [1.82, 2.24) is 0 Å². The van der Waals surface area contributed by atoms with Gasteiger partial charge in [-0.1, -0.05) is 87.5 Å². The molecule has 0 N–H and O–H groups in total. The molecule has 0 saturated heterocycles. The van der Waals surface area contributed by atoms with Crippen molar-refractivity contribution in [3.8, 4) is 0 Å². The maximum absolute atomic E-state index is 13.6. The van der Waals surface area contributed by atoms with Crippen LogP contribution in [0.15, 0.2) is 84.9 Å². The monoisotopic (exact) mass is 372 g/mol. The van der Waals surface area contributed by atoms with Crippen LogP contribution in [0.2, 0.25) is 0 Å². The lowest BCUT2D eigenvalue weighted by Crippen LogP contribution is -2.42. The zero-order valence-corrected chi connectivity index (χ0v) is 17.1. The number of benzene rings is 3. The summed E-state index contributed by atoms with van der Waals surface area (Å²) in [6.45, 7) is 7.05. The summed E-state index contributed by atoms with van der Waals surface area (Å²) in [4.78, 5) is 17.2. The van der Waals surface area contributed by atoms with Gasteiger partial charge in [0.25, 0.3) is 0 Å². The van der Waals surface area contributed by atoms with Gasteiger partial charge in [-0.2, -0.15) is 0 Å². The molecule has 0 aromatic heterocycles. The first-order valence-corrected chi connectivity index (χ1v) is 9.61. The molecule has 0 saturated carbocycles. The van der Waals surface area contributed by atoms with Crippen molar-refractivity contribution in [2.75, 3.05) is 16.8 Å². The Labute approximate surface area is 168 Å². The Morgan fingerprint density at radius 2 is 1.32 bits per heavy atom. The fraction of sp³-hybridized carbons (Fsp3) is 0.240. The number of rotatable bonds is 4. The van der Waals surface area contributed by atoms with Crippen molar-refractivity contribution >= 4 is 17.4 Å². The van der Waals surface area contributed by atoms with Crippen molar-refractivity contribution in [2.24, 2.45) is 0 Å². The Kier molecular flexibility index (Phi) is 5.84. The molecule has 0 fully saturated rings. The van der Waals surface area contributed by atoms with E-state index in [1.165, 1.54) is 0 Å². The first-order valence-electron chi connectivity index (χ1n) is 9.61. The van der Waals surface area contributed by atoms with E-state index in [9.17, 15) is 4.79 Å². The average Bonchev–Trinajstić information content (AvgIpc) is 2.72. The molecule has 0 aliphatic heterocycles. The maximum Gasteiger partial charge on any atom is 0.329 e. The van der Waals surface area contributed by atoms with Crippen molar-refractivity contribution in [3.63, 3.8) is 0 Å². The van der Waals surface area contributed by atoms with Crippen LogP contribution in [-0.2, 0) is 12.0 Å². The molecule has 0 aliphatic carbocycles. The van der Waals surface area contributed by atoms with Crippen LogP contribution in [0, 0.1) is 0 Å². The Hall–Kier alpha value is -3.07. The zero-order chi connectivity index (χ0) is 20.1. The van der Waals surface area contributed by atoms with Gasteiger partial charge in [-0.3, -0.25) is 9.80 Å². The maximum atomic E-state index is 13.6. The standard InChI is InChI=1S/C25H28N2O/c1-25(2,3)22-17-11-12-18-23(22)27(19-20-13-7-5-8-14-20)24(28)26(4)21-15-9-6-10-16-21/h5-18H,19H2,1-4H3. The Bertz CT molecular complexity index is 914. The molecule has 3 aromatic carbocycles. The fourth-order valence-electron chi connectivity index (χ4n) is 3.31. The van der Waals surface area contributed by atoms with Crippen LogP contribution < -0.4 is 9.80 Å². The zero-order valence-electron chi connectivity index (χ0n) is 17.1. The quantitative estimate of drug-likeness (QED) is 0.531. The van der Waals surface area contributed by atoms with Gasteiger partial charge in [-0.25, -0.2) is 4.79 Å². The SMILES string of the molecule is CN(C(=O)N(Cc1ccccc1)c1ccccc1C(C)(C)C)c1ccccc1. The lowest BCUT2D eigenvalue weighted by molar-refractivity contribution is 0.252. The van der Waals surface area contributed by atoms with E-state index in [0.717, 1.165) is 22.5 Å². The van der Waals surface area contributed by atoms with E-state index in [1.54, 1.807) is 4.90 Å². The van der Waals surface area contributed by atoms with Gasteiger partial charge in [-0.05, 0) is 34.7 Å². The highest BCUT2D eigenvalue weighted by molar-refractivity contribution is 6.03. The molecule has 2 amide bonds. The highest BCUT2D eigenvalue weighted by atomic mass is 16.2. The molecule has 3 heteroatoms. The van der Waals surface area contributed by atoms with Gasteiger partial charge in [-0.15, -0.1) is 0 Å². The van der Waals surface area contributed by atoms with Gasteiger partial charge in [0.2, 0.25) is 0 Å². The largest absolute Gasteiger partial charge is 0.329 e. The predicted octanol–water partition coefficient (Wildman–Crippen LogP) is 6.25. The molecule has 0 bridgehead atoms. The molecular formula is C25H28N2O. The molecule has 0 heterocycles. The van der Waals surface area contributed by atoms with Crippen molar-refractivity contribution < 1.29 is 4.79 Å².